The molecule has 2 amide bonds. The van der Waals surface area contributed by atoms with Crippen LogP contribution in [-0.2, 0) is 19.1 Å². The average Bonchev–Trinajstić information content (AvgIpc) is 3.20. The summed E-state index contributed by atoms with van der Waals surface area (Å²) >= 11 is 0. The fraction of sp³-hybridized carbons (Fsp3) is 0.524. The van der Waals surface area contributed by atoms with Crippen LogP contribution >= 0.6 is 0 Å². The van der Waals surface area contributed by atoms with Crippen molar-refractivity contribution in [2.75, 3.05) is 50.9 Å². The monoisotopic (exact) mass is 415 g/mol. The van der Waals surface area contributed by atoms with Crippen LogP contribution < -0.4 is 10.3 Å². The maximum Gasteiger partial charge on any atom is 0.354 e. The lowest BCUT2D eigenvalue weighted by Gasteiger charge is -2.36. The molecule has 1 fully saturated rings. The van der Waals surface area contributed by atoms with E-state index in [1.807, 2.05) is 42.2 Å². The van der Waals surface area contributed by atoms with Crippen molar-refractivity contribution in [3.8, 4) is 0 Å². The Hall–Kier alpha value is -2.94. The molecule has 162 valence electrons. The topological polar surface area (TPSA) is 94.5 Å². The molecule has 0 radical (unpaired) electrons. The number of anilines is 1. The van der Waals surface area contributed by atoms with Gasteiger partial charge in [0, 0.05) is 39.1 Å². The maximum absolute atomic E-state index is 13.3. The van der Waals surface area contributed by atoms with E-state index in [0.717, 1.165) is 5.69 Å². The number of hydrazone groups is 1. The van der Waals surface area contributed by atoms with E-state index in [2.05, 4.69) is 10.4 Å². The minimum Gasteiger partial charge on any atom is -0.461 e. The summed E-state index contributed by atoms with van der Waals surface area (Å²) in [6.07, 6.45) is 0.214. The normalized spacial score (nSPS) is 19.4. The van der Waals surface area contributed by atoms with Gasteiger partial charge in [-0.1, -0.05) is 18.2 Å². The highest BCUT2D eigenvalue weighted by Crippen LogP contribution is 2.26. The van der Waals surface area contributed by atoms with Gasteiger partial charge in [0.2, 0.25) is 11.8 Å². The number of piperazine rings is 1. The number of likely N-dealkylation sites (N-methyl/N-ethyl adjacent to an activating group) is 1. The van der Waals surface area contributed by atoms with E-state index in [1.54, 1.807) is 16.8 Å². The number of carbonyl (C=O) groups is 3. The number of para-hydroxylation sites is 1. The third-order valence-corrected chi connectivity index (χ3v) is 5.15. The van der Waals surface area contributed by atoms with Gasteiger partial charge in [0.25, 0.3) is 0 Å². The van der Waals surface area contributed by atoms with E-state index < -0.39 is 12.0 Å². The second-order valence-corrected chi connectivity index (χ2v) is 7.22. The molecule has 2 aliphatic rings. The van der Waals surface area contributed by atoms with Crippen molar-refractivity contribution >= 4 is 29.2 Å². The molecule has 2 heterocycles. The van der Waals surface area contributed by atoms with E-state index in [9.17, 15) is 14.4 Å². The zero-order valence-corrected chi connectivity index (χ0v) is 17.5. The van der Waals surface area contributed by atoms with Crippen LogP contribution in [0.25, 0.3) is 0 Å². The number of benzene rings is 1. The Morgan fingerprint density at radius 3 is 2.43 bits per heavy atom. The molecule has 0 saturated carbocycles. The van der Waals surface area contributed by atoms with Gasteiger partial charge >= 0.3 is 5.97 Å². The molecule has 1 atom stereocenters. The fourth-order valence-corrected chi connectivity index (χ4v) is 3.65. The first-order chi connectivity index (χ1) is 14.5. The molecule has 9 nitrogen and oxygen atoms in total. The lowest BCUT2D eigenvalue weighted by atomic mass is 10.1. The van der Waals surface area contributed by atoms with Gasteiger partial charge in [-0.15, -0.1) is 0 Å². The molecule has 1 aromatic rings. The van der Waals surface area contributed by atoms with E-state index in [4.69, 9.17) is 4.74 Å². The molecule has 2 aliphatic heterocycles. The van der Waals surface area contributed by atoms with Gasteiger partial charge in [0.15, 0.2) is 0 Å². The SMILES string of the molecule is CCNC(=O)CN1CCN(C(=O)C2CC(C(=O)OCC)=NN2c2ccccc2)CC1. The van der Waals surface area contributed by atoms with Crippen molar-refractivity contribution < 1.29 is 19.1 Å². The fourth-order valence-electron chi connectivity index (χ4n) is 3.65. The first-order valence-corrected chi connectivity index (χ1v) is 10.4. The minimum absolute atomic E-state index is 0.00389. The van der Waals surface area contributed by atoms with Crippen molar-refractivity contribution in [1.82, 2.24) is 15.1 Å². The smallest absolute Gasteiger partial charge is 0.354 e. The first kappa shape index (κ1) is 21.8. The first-order valence-electron chi connectivity index (χ1n) is 10.4. The summed E-state index contributed by atoms with van der Waals surface area (Å²) in [7, 11) is 0. The molecule has 0 aromatic heterocycles. The molecule has 0 bridgehead atoms. The number of hydrogen-bond donors (Lipinski definition) is 1. The summed E-state index contributed by atoms with van der Waals surface area (Å²) in [5, 5.41) is 8.83. The standard InChI is InChI=1S/C21H29N5O4/c1-3-22-19(27)15-24-10-12-25(13-11-24)20(28)18-14-17(21(29)30-4-2)23-26(18)16-8-6-5-7-9-16/h5-9,18H,3-4,10-15H2,1-2H3,(H,22,27). The lowest BCUT2D eigenvalue weighted by Crippen LogP contribution is -2.54. The van der Waals surface area contributed by atoms with Gasteiger partial charge in [-0.2, -0.15) is 5.10 Å². The summed E-state index contributed by atoms with van der Waals surface area (Å²) in [5.41, 5.74) is 1.01. The molecule has 9 heteroatoms. The minimum atomic E-state index is -0.582. The Bertz CT molecular complexity index is 790. The second kappa shape index (κ2) is 10.2. The predicted octanol–water partition coefficient (Wildman–Crippen LogP) is 0.465. The summed E-state index contributed by atoms with van der Waals surface area (Å²) < 4.78 is 5.09. The number of hydrogen-bond acceptors (Lipinski definition) is 7. The van der Waals surface area contributed by atoms with Gasteiger partial charge in [-0.05, 0) is 26.0 Å². The van der Waals surface area contributed by atoms with Crippen molar-refractivity contribution in [2.24, 2.45) is 5.10 Å². The van der Waals surface area contributed by atoms with Gasteiger partial charge in [-0.3, -0.25) is 19.5 Å². The largest absolute Gasteiger partial charge is 0.461 e. The summed E-state index contributed by atoms with van der Waals surface area (Å²) in [6, 6.07) is 8.77. The van der Waals surface area contributed by atoms with Gasteiger partial charge in [0.1, 0.15) is 11.8 Å². The van der Waals surface area contributed by atoms with Crippen LogP contribution in [0, 0.1) is 0 Å². The van der Waals surface area contributed by atoms with E-state index in [-0.39, 0.29) is 30.6 Å². The van der Waals surface area contributed by atoms with Gasteiger partial charge < -0.3 is 15.0 Å². The van der Waals surface area contributed by atoms with E-state index in [0.29, 0.717) is 39.3 Å². The van der Waals surface area contributed by atoms with Crippen LogP contribution in [0.5, 0.6) is 0 Å². The van der Waals surface area contributed by atoms with Crippen LogP contribution in [0.2, 0.25) is 0 Å². The number of rotatable bonds is 7. The Morgan fingerprint density at radius 2 is 1.80 bits per heavy atom. The molecule has 1 aromatic carbocycles. The number of amides is 2. The molecule has 1 unspecified atom stereocenters. The van der Waals surface area contributed by atoms with Crippen LogP contribution in [0.1, 0.15) is 20.3 Å². The molecular weight excluding hydrogens is 386 g/mol. The Labute approximate surface area is 176 Å². The average molecular weight is 415 g/mol. The van der Waals surface area contributed by atoms with Gasteiger partial charge in [0.05, 0.1) is 18.8 Å². The van der Waals surface area contributed by atoms with Crippen LogP contribution in [0.4, 0.5) is 5.69 Å². The molecule has 1 saturated heterocycles. The number of ether oxygens (including phenoxy) is 1. The predicted molar refractivity (Wildman–Crippen MR) is 113 cm³/mol. The van der Waals surface area contributed by atoms with E-state index in [1.165, 1.54) is 0 Å². The molecule has 1 N–H and O–H groups in total. The third kappa shape index (κ3) is 5.15. The Morgan fingerprint density at radius 1 is 1.10 bits per heavy atom. The number of nitrogens with zero attached hydrogens (tertiary/aromatic N) is 4. The Balaban J connectivity index is 1.67. The van der Waals surface area contributed by atoms with Crippen molar-refractivity contribution in [2.45, 2.75) is 26.3 Å². The quantitative estimate of drug-likeness (QED) is 0.651. The van der Waals surface area contributed by atoms with Crippen LogP contribution in [-0.4, -0.2) is 85.2 Å². The lowest BCUT2D eigenvalue weighted by molar-refractivity contribution is -0.135. The zero-order valence-electron chi connectivity index (χ0n) is 17.5. The molecular formula is C21H29N5O4. The van der Waals surface area contributed by atoms with E-state index >= 15 is 0 Å². The third-order valence-electron chi connectivity index (χ3n) is 5.15. The molecule has 3 rings (SSSR count). The molecule has 0 spiro atoms. The highest BCUT2D eigenvalue weighted by Gasteiger charge is 2.39. The summed E-state index contributed by atoms with van der Waals surface area (Å²) in [5.74, 6) is -0.559. The molecule has 0 aliphatic carbocycles. The summed E-state index contributed by atoms with van der Waals surface area (Å²) in [4.78, 5) is 41.1. The van der Waals surface area contributed by atoms with Crippen LogP contribution in [0.3, 0.4) is 0 Å². The highest BCUT2D eigenvalue weighted by molar-refractivity contribution is 6.38. The number of esters is 1. The van der Waals surface area contributed by atoms with Crippen molar-refractivity contribution in [3.63, 3.8) is 0 Å². The highest BCUT2D eigenvalue weighted by atomic mass is 16.5. The van der Waals surface area contributed by atoms with Gasteiger partial charge in [-0.25, -0.2) is 4.79 Å². The zero-order chi connectivity index (χ0) is 21.5. The second-order valence-electron chi connectivity index (χ2n) is 7.22. The van der Waals surface area contributed by atoms with Crippen molar-refractivity contribution in [1.29, 1.82) is 0 Å². The molecule has 30 heavy (non-hydrogen) atoms. The number of carbonyl (C=O) groups excluding carboxylic acids is 3. The Kier molecular flexibility index (Phi) is 7.40. The maximum atomic E-state index is 13.3. The van der Waals surface area contributed by atoms with Crippen molar-refractivity contribution in [3.05, 3.63) is 30.3 Å². The van der Waals surface area contributed by atoms with Crippen LogP contribution in [0.15, 0.2) is 35.4 Å². The summed E-state index contributed by atoms with van der Waals surface area (Å²) in [6.45, 7) is 7.17. The number of nitrogens with one attached hydrogen (secondary N) is 1.